The lowest BCUT2D eigenvalue weighted by Crippen LogP contribution is -2.45. The van der Waals surface area contributed by atoms with Crippen molar-refractivity contribution in [3.05, 3.63) is 27.8 Å². The number of benzene rings is 1. The average molecular weight is 311 g/mol. The summed E-state index contributed by atoms with van der Waals surface area (Å²) >= 11 is 0. The van der Waals surface area contributed by atoms with Gasteiger partial charge >= 0.3 is 0 Å². The molecule has 2 rings (SSSR count). The van der Waals surface area contributed by atoms with E-state index in [0.717, 1.165) is 26.2 Å². The minimum absolute atomic E-state index is 0.0704. The Kier molecular flexibility index (Phi) is 5.53. The Balaban J connectivity index is 2.44. The van der Waals surface area contributed by atoms with Gasteiger partial charge in [-0.25, -0.2) is 0 Å². The number of hydrogen-bond donors (Lipinski definition) is 3. The number of nitro groups is 1. The number of piperazine rings is 1. The number of nitrogens with one attached hydrogen (secondary N) is 1. The summed E-state index contributed by atoms with van der Waals surface area (Å²) in [7, 11) is 1.36. The zero-order chi connectivity index (χ0) is 16.1. The molecule has 1 aliphatic rings. The van der Waals surface area contributed by atoms with Crippen LogP contribution in [-0.4, -0.2) is 59.9 Å². The normalized spacial score (nSPS) is 17.2. The Morgan fingerprint density at radius 3 is 2.68 bits per heavy atom. The lowest BCUT2D eigenvalue weighted by Gasteiger charge is -2.35. The molecule has 0 aromatic heterocycles. The Hall–Kier alpha value is -1.90. The second-order valence-corrected chi connectivity index (χ2v) is 5.16. The zero-order valence-electron chi connectivity index (χ0n) is 12.5. The van der Waals surface area contributed by atoms with Crippen molar-refractivity contribution in [3.8, 4) is 11.5 Å². The largest absolute Gasteiger partial charge is 0.504 e. The van der Waals surface area contributed by atoms with Crippen LogP contribution in [0.15, 0.2) is 12.1 Å². The second-order valence-electron chi connectivity index (χ2n) is 5.16. The van der Waals surface area contributed by atoms with E-state index >= 15 is 0 Å². The predicted molar refractivity (Wildman–Crippen MR) is 80.2 cm³/mol. The maximum absolute atomic E-state index is 11.1. The number of non-ortho nitro benzene ring substituents is 1. The van der Waals surface area contributed by atoms with Crippen LogP contribution in [0.25, 0.3) is 0 Å². The summed E-state index contributed by atoms with van der Waals surface area (Å²) in [4.78, 5) is 12.7. The van der Waals surface area contributed by atoms with Crippen molar-refractivity contribution in [1.29, 1.82) is 0 Å². The molecule has 122 valence electrons. The smallest absolute Gasteiger partial charge is 0.273 e. The van der Waals surface area contributed by atoms with Gasteiger partial charge in [0.15, 0.2) is 11.5 Å². The van der Waals surface area contributed by atoms with Crippen molar-refractivity contribution in [2.24, 2.45) is 0 Å². The molecular formula is C14H21N3O5. The molecule has 0 unspecified atom stereocenters. The maximum atomic E-state index is 11.1. The molecule has 1 heterocycles. The average Bonchev–Trinajstić information content (AvgIpc) is 2.54. The van der Waals surface area contributed by atoms with Gasteiger partial charge < -0.3 is 20.3 Å². The molecule has 0 spiro atoms. The van der Waals surface area contributed by atoms with Crippen LogP contribution in [0.5, 0.6) is 11.5 Å². The van der Waals surface area contributed by atoms with Crippen molar-refractivity contribution in [2.45, 2.75) is 12.5 Å². The van der Waals surface area contributed by atoms with E-state index in [4.69, 9.17) is 4.74 Å². The van der Waals surface area contributed by atoms with Crippen LogP contribution in [0.1, 0.15) is 18.0 Å². The van der Waals surface area contributed by atoms with Gasteiger partial charge in [0.1, 0.15) is 0 Å². The van der Waals surface area contributed by atoms with Crippen molar-refractivity contribution in [1.82, 2.24) is 10.2 Å². The summed E-state index contributed by atoms with van der Waals surface area (Å²) in [5.74, 6) is -0.0349. The van der Waals surface area contributed by atoms with Crippen molar-refractivity contribution in [3.63, 3.8) is 0 Å². The summed E-state index contributed by atoms with van der Waals surface area (Å²) in [6, 6.07) is 2.27. The van der Waals surface area contributed by atoms with E-state index in [-0.39, 0.29) is 29.8 Å². The van der Waals surface area contributed by atoms with Crippen LogP contribution in [-0.2, 0) is 0 Å². The van der Waals surface area contributed by atoms with E-state index in [1.165, 1.54) is 19.2 Å². The molecule has 8 nitrogen and oxygen atoms in total. The number of phenolic OH excluding ortho intramolecular Hbond substituents is 1. The summed E-state index contributed by atoms with van der Waals surface area (Å²) in [5.41, 5.74) is 0.282. The molecule has 1 fully saturated rings. The second kappa shape index (κ2) is 7.39. The summed E-state index contributed by atoms with van der Waals surface area (Å²) in [5, 5.41) is 34.0. The SMILES string of the molecule is COc1cc([N+](=O)[O-])cc([C@H](CCO)N2CCNCC2)c1O. The van der Waals surface area contributed by atoms with Crippen LogP contribution < -0.4 is 10.1 Å². The zero-order valence-corrected chi connectivity index (χ0v) is 12.5. The Morgan fingerprint density at radius 1 is 1.45 bits per heavy atom. The first-order valence-corrected chi connectivity index (χ1v) is 7.19. The van der Waals surface area contributed by atoms with Gasteiger partial charge in [-0.3, -0.25) is 15.0 Å². The quantitative estimate of drug-likeness (QED) is 0.522. The highest BCUT2D eigenvalue weighted by molar-refractivity contribution is 5.54. The van der Waals surface area contributed by atoms with Crippen LogP contribution >= 0.6 is 0 Å². The molecule has 0 saturated carbocycles. The van der Waals surface area contributed by atoms with Gasteiger partial charge in [0.05, 0.1) is 18.1 Å². The molecule has 0 bridgehead atoms. The van der Waals surface area contributed by atoms with Gasteiger partial charge in [-0.15, -0.1) is 0 Å². The number of ether oxygens (including phenoxy) is 1. The molecule has 1 aliphatic heterocycles. The van der Waals surface area contributed by atoms with Gasteiger partial charge in [0, 0.05) is 50.5 Å². The summed E-state index contributed by atoms with van der Waals surface area (Å²) in [6.07, 6.45) is 0.387. The first kappa shape index (κ1) is 16.5. The molecule has 1 atom stereocenters. The fourth-order valence-electron chi connectivity index (χ4n) is 2.78. The molecule has 0 aliphatic carbocycles. The summed E-state index contributed by atoms with van der Waals surface area (Å²) in [6.45, 7) is 3.02. The monoisotopic (exact) mass is 311 g/mol. The predicted octanol–water partition coefficient (Wildman–Crippen LogP) is 0.638. The molecule has 22 heavy (non-hydrogen) atoms. The number of aliphatic hydroxyl groups excluding tert-OH is 1. The lowest BCUT2D eigenvalue weighted by molar-refractivity contribution is -0.385. The maximum Gasteiger partial charge on any atom is 0.273 e. The molecular weight excluding hydrogens is 290 g/mol. The topological polar surface area (TPSA) is 108 Å². The van der Waals surface area contributed by atoms with E-state index in [0.29, 0.717) is 12.0 Å². The lowest BCUT2D eigenvalue weighted by atomic mass is 9.99. The van der Waals surface area contributed by atoms with Gasteiger partial charge in [-0.1, -0.05) is 0 Å². The molecule has 1 aromatic carbocycles. The third-order valence-corrected chi connectivity index (χ3v) is 3.87. The molecule has 8 heteroatoms. The fourth-order valence-corrected chi connectivity index (χ4v) is 2.78. The standard InChI is InChI=1S/C14H21N3O5/c1-22-13-9-10(17(20)21)8-11(14(13)19)12(2-7-18)16-5-3-15-4-6-16/h8-9,12,15,18-19H,2-7H2,1H3/t12-/m0/s1. The number of aromatic hydroxyl groups is 1. The Morgan fingerprint density at radius 2 is 2.14 bits per heavy atom. The fraction of sp³-hybridized carbons (Fsp3) is 0.571. The molecule has 1 aromatic rings. The number of nitrogens with zero attached hydrogens (tertiary/aromatic N) is 2. The number of rotatable bonds is 6. The van der Waals surface area contributed by atoms with Gasteiger partial charge in [-0.2, -0.15) is 0 Å². The van der Waals surface area contributed by atoms with Crippen LogP contribution in [0.4, 0.5) is 5.69 Å². The first-order valence-electron chi connectivity index (χ1n) is 7.19. The van der Waals surface area contributed by atoms with Crippen LogP contribution in [0, 0.1) is 10.1 Å². The highest BCUT2D eigenvalue weighted by atomic mass is 16.6. The van der Waals surface area contributed by atoms with Crippen molar-refractivity contribution < 1.29 is 19.9 Å². The van der Waals surface area contributed by atoms with E-state index in [1.54, 1.807) is 0 Å². The number of phenols is 1. The highest BCUT2D eigenvalue weighted by Crippen LogP contribution is 2.40. The molecule has 1 saturated heterocycles. The molecule has 0 amide bonds. The van der Waals surface area contributed by atoms with Crippen molar-refractivity contribution in [2.75, 3.05) is 39.9 Å². The Bertz CT molecular complexity index is 531. The summed E-state index contributed by atoms with van der Waals surface area (Å²) < 4.78 is 5.04. The third kappa shape index (κ3) is 3.46. The Labute approximate surface area is 128 Å². The van der Waals surface area contributed by atoms with E-state index in [2.05, 4.69) is 10.2 Å². The number of nitro benzene ring substituents is 1. The number of hydrogen-bond acceptors (Lipinski definition) is 7. The van der Waals surface area contributed by atoms with Gasteiger partial charge in [0.25, 0.3) is 5.69 Å². The van der Waals surface area contributed by atoms with E-state index < -0.39 is 4.92 Å². The van der Waals surface area contributed by atoms with E-state index in [1.807, 2.05) is 0 Å². The highest BCUT2D eigenvalue weighted by Gasteiger charge is 2.28. The number of methoxy groups -OCH3 is 1. The first-order chi connectivity index (χ1) is 10.6. The van der Waals surface area contributed by atoms with Crippen LogP contribution in [0.2, 0.25) is 0 Å². The number of aliphatic hydroxyl groups is 1. The van der Waals surface area contributed by atoms with Crippen molar-refractivity contribution >= 4 is 5.69 Å². The molecule has 0 radical (unpaired) electrons. The van der Waals surface area contributed by atoms with Crippen LogP contribution in [0.3, 0.4) is 0 Å². The minimum Gasteiger partial charge on any atom is -0.504 e. The third-order valence-electron chi connectivity index (χ3n) is 3.87. The van der Waals surface area contributed by atoms with Gasteiger partial charge in [-0.05, 0) is 6.42 Å². The molecule has 3 N–H and O–H groups in total. The minimum atomic E-state index is -0.515. The van der Waals surface area contributed by atoms with Gasteiger partial charge in [0.2, 0.25) is 0 Å². The van der Waals surface area contributed by atoms with E-state index in [9.17, 15) is 20.3 Å².